The van der Waals surface area contributed by atoms with Crippen molar-refractivity contribution in [2.45, 2.75) is 38.8 Å². The van der Waals surface area contributed by atoms with Gasteiger partial charge in [-0.1, -0.05) is 30.3 Å². The van der Waals surface area contributed by atoms with Crippen molar-refractivity contribution in [3.05, 3.63) is 47.3 Å². The van der Waals surface area contributed by atoms with Crippen LogP contribution in [0.2, 0.25) is 0 Å². The Balaban J connectivity index is 2.01. The molecule has 0 aromatic heterocycles. The van der Waals surface area contributed by atoms with Crippen LogP contribution in [0.5, 0.6) is 0 Å². The Hall–Kier alpha value is -1.81. The summed E-state index contributed by atoms with van der Waals surface area (Å²) in [5.74, 6) is 1.13. The fourth-order valence-corrected chi connectivity index (χ4v) is 3.55. The predicted molar refractivity (Wildman–Crippen MR) is 83.2 cm³/mol. The molecule has 1 fully saturated rings. The largest absolute Gasteiger partial charge is 0.363 e. The number of Topliss-reactive ketones (excluding diaryl/α,β-unsaturated/α-hetero) is 1. The first-order chi connectivity index (χ1) is 9.90. The van der Waals surface area contributed by atoms with Crippen LogP contribution in [-0.4, -0.2) is 34.9 Å². The number of carbonyl (C=O) groups excluding carboxylic acids is 1. The van der Waals surface area contributed by atoms with E-state index in [1.165, 1.54) is 5.56 Å². The van der Waals surface area contributed by atoms with Crippen LogP contribution in [0.3, 0.4) is 0 Å². The second-order valence-corrected chi connectivity index (χ2v) is 6.64. The minimum absolute atomic E-state index is 0.0208. The fraction of sp³-hybridized carbons (Fsp3) is 0.471. The fourth-order valence-electron chi connectivity index (χ4n) is 3.55. The number of rotatable bonds is 2. The molecule has 1 aromatic rings. The van der Waals surface area contributed by atoms with Crippen LogP contribution in [0.4, 0.5) is 0 Å². The summed E-state index contributed by atoms with van der Waals surface area (Å²) in [5.41, 5.74) is 2.13. The molecule has 0 unspecified atom stereocenters. The average molecular weight is 285 g/mol. The van der Waals surface area contributed by atoms with Crippen molar-refractivity contribution in [2.24, 2.45) is 0 Å². The first-order valence-electron chi connectivity index (χ1n) is 7.47. The molecule has 2 heterocycles. The van der Waals surface area contributed by atoms with Crippen LogP contribution < -0.4 is 5.32 Å². The second kappa shape index (κ2) is 4.88. The maximum absolute atomic E-state index is 11.9. The molecule has 0 bridgehead atoms. The molecule has 3 rings (SSSR count). The van der Waals surface area contributed by atoms with E-state index in [0.717, 1.165) is 17.8 Å². The van der Waals surface area contributed by atoms with Crippen molar-refractivity contribution < 1.29 is 4.79 Å². The van der Waals surface area contributed by atoms with Crippen molar-refractivity contribution >= 4 is 5.78 Å². The lowest BCUT2D eigenvalue weighted by Gasteiger charge is -2.49. The highest BCUT2D eigenvalue weighted by Gasteiger charge is 2.44. The Labute approximate surface area is 126 Å². The smallest absolute Gasteiger partial charge is 0.160 e. The monoisotopic (exact) mass is 285 g/mol. The van der Waals surface area contributed by atoms with Crippen molar-refractivity contribution in [1.82, 2.24) is 15.3 Å². The molecular weight excluding hydrogens is 262 g/mol. The molecule has 0 spiro atoms. The molecule has 2 aliphatic rings. The third kappa shape index (κ3) is 2.33. The highest BCUT2D eigenvalue weighted by atomic mass is 16.1. The lowest BCUT2D eigenvalue weighted by molar-refractivity contribution is -0.113. The summed E-state index contributed by atoms with van der Waals surface area (Å²) in [6.07, 6.45) is 0.996. The molecule has 0 radical (unpaired) electrons. The summed E-state index contributed by atoms with van der Waals surface area (Å²) in [6, 6.07) is 10.7. The van der Waals surface area contributed by atoms with Gasteiger partial charge in [-0.2, -0.15) is 0 Å². The van der Waals surface area contributed by atoms with Gasteiger partial charge in [-0.05, 0) is 32.8 Å². The van der Waals surface area contributed by atoms with Gasteiger partial charge in [-0.25, -0.2) is 5.01 Å². The van der Waals surface area contributed by atoms with E-state index in [1.807, 2.05) is 13.1 Å². The summed E-state index contributed by atoms with van der Waals surface area (Å²) in [6.45, 7) is 6.82. The van der Waals surface area contributed by atoms with Crippen LogP contribution in [0.15, 0.2) is 41.7 Å². The Morgan fingerprint density at radius 2 is 1.95 bits per heavy atom. The summed E-state index contributed by atoms with van der Waals surface area (Å²) in [5, 5.41) is 7.97. The molecule has 4 nitrogen and oxygen atoms in total. The van der Waals surface area contributed by atoms with E-state index in [0.29, 0.717) is 6.54 Å². The van der Waals surface area contributed by atoms with E-state index in [1.54, 1.807) is 6.92 Å². The normalized spacial score (nSPS) is 24.8. The molecule has 21 heavy (non-hydrogen) atoms. The van der Waals surface area contributed by atoms with Gasteiger partial charge in [0, 0.05) is 7.05 Å². The standard InChI is InChI=1S/C17H23N3O/c1-12(21)14-11-19(4)20-16(14)18-15(10-17(20,2)3)13-8-6-5-7-9-13/h5-9,15,18H,10-11H2,1-4H3/t15-/m1/s1. The molecule has 4 heteroatoms. The topological polar surface area (TPSA) is 35.6 Å². The highest BCUT2D eigenvalue weighted by molar-refractivity contribution is 5.94. The number of hydrogen-bond acceptors (Lipinski definition) is 4. The summed E-state index contributed by atoms with van der Waals surface area (Å²) < 4.78 is 0. The predicted octanol–water partition coefficient (Wildman–Crippen LogP) is 2.46. The Morgan fingerprint density at radius 3 is 2.57 bits per heavy atom. The third-order valence-electron chi connectivity index (χ3n) is 4.44. The van der Waals surface area contributed by atoms with Crippen LogP contribution in [0.25, 0.3) is 0 Å². The molecule has 0 amide bonds. The molecule has 0 saturated carbocycles. The average Bonchev–Trinajstić information content (AvgIpc) is 2.77. The van der Waals surface area contributed by atoms with Gasteiger partial charge in [0.15, 0.2) is 5.78 Å². The van der Waals surface area contributed by atoms with E-state index in [-0.39, 0.29) is 17.4 Å². The molecule has 112 valence electrons. The molecule has 2 aliphatic heterocycles. The quantitative estimate of drug-likeness (QED) is 0.905. The van der Waals surface area contributed by atoms with Gasteiger partial charge in [0.05, 0.1) is 23.7 Å². The summed E-state index contributed by atoms with van der Waals surface area (Å²) >= 11 is 0. The maximum atomic E-state index is 11.9. The molecule has 1 atom stereocenters. The summed E-state index contributed by atoms with van der Waals surface area (Å²) in [7, 11) is 2.04. The SMILES string of the molecule is CC(=O)C1=C2N[C@@H](c3ccccc3)CC(C)(C)N2N(C)C1. The first kappa shape index (κ1) is 14.1. The number of hydrazine groups is 1. The lowest BCUT2D eigenvalue weighted by atomic mass is 9.88. The van der Waals surface area contributed by atoms with E-state index in [2.05, 4.69) is 53.4 Å². The molecule has 0 aliphatic carbocycles. The molecular formula is C17H23N3O. The molecule has 1 N–H and O–H groups in total. The van der Waals surface area contributed by atoms with Crippen molar-refractivity contribution in [3.8, 4) is 0 Å². The number of fused-ring (bicyclic) bond motifs is 1. The zero-order chi connectivity index (χ0) is 15.2. The van der Waals surface area contributed by atoms with Gasteiger partial charge in [-0.3, -0.25) is 9.80 Å². The van der Waals surface area contributed by atoms with E-state index in [4.69, 9.17) is 0 Å². The Kier molecular flexibility index (Phi) is 3.29. The van der Waals surface area contributed by atoms with Gasteiger partial charge < -0.3 is 5.32 Å². The second-order valence-electron chi connectivity index (χ2n) is 6.64. The van der Waals surface area contributed by atoms with Crippen LogP contribution >= 0.6 is 0 Å². The minimum Gasteiger partial charge on any atom is -0.363 e. The number of hydrogen-bond donors (Lipinski definition) is 1. The van der Waals surface area contributed by atoms with E-state index >= 15 is 0 Å². The number of ketones is 1. The van der Waals surface area contributed by atoms with Crippen LogP contribution in [-0.2, 0) is 4.79 Å². The number of nitrogens with zero attached hydrogens (tertiary/aromatic N) is 2. The van der Waals surface area contributed by atoms with Gasteiger partial charge in [0.2, 0.25) is 0 Å². The van der Waals surface area contributed by atoms with Crippen LogP contribution in [0.1, 0.15) is 38.8 Å². The van der Waals surface area contributed by atoms with Crippen molar-refractivity contribution in [2.75, 3.05) is 13.6 Å². The number of carbonyl (C=O) groups is 1. The zero-order valence-corrected chi connectivity index (χ0v) is 13.2. The van der Waals surface area contributed by atoms with Gasteiger partial charge >= 0.3 is 0 Å². The highest BCUT2D eigenvalue weighted by Crippen LogP contribution is 2.40. The van der Waals surface area contributed by atoms with E-state index in [9.17, 15) is 4.79 Å². The number of nitrogens with one attached hydrogen (secondary N) is 1. The number of benzene rings is 1. The first-order valence-corrected chi connectivity index (χ1v) is 7.47. The van der Waals surface area contributed by atoms with Gasteiger partial charge in [-0.15, -0.1) is 0 Å². The lowest BCUT2D eigenvalue weighted by Crippen LogP contribution is -2.57. The Bertz CT molecular complexity index is 591. The number of likely N-dealkylation sites (N-methyl/N-ethyl adjacent to an activating group) is 1. The van der Waals surface area contributed by atoms with Crippen molar-refractivity contribution in [1.29, 1.82) is 0 Å². The Morgan fingerprint density at radius 1 is 1.29 bits per heavy atom. The van der Waals surface area contributed by atoms with Gasteiger partial charge in [0.25, 0.3) is 0 Å². The summed E-state index contributed by atoms with van der Waals surface area (Å²) in [4.78, 5) is 11.9. The van der Waals surface area contributed by atoms with Crippen molar-refractivity contribution in [3.63, 3.8) is 0 Å². The maximum Gasteiger partial charge on any atom is 0.160 e. The van der Waals surface area contributed by atoms with Crippen LogP contribution in [0, 0.1) is 0 Å². The van der Waals surface area contributed by atoms with Gasteiger partial charge in [0.1, 0.15) is 5.82 Å². The molecule has 1 aromatic carbocycles. The molecule has 1 saturated heterocycles. The third-order valence-corrected chi connectivity index (χ3v) is 4.44. The zero-order valence-electron chi connectivity index (χ0n) is 13.2. The van der Waals surface area contributed by atoms with E-state index < -0.39 is 0 Å². The minimum atomic E-state index is -0.0208.